The normalized spacial score (nSPS) is 16.2. The maximum Gasteiger partial charge on any atom is 0.350 e. The monoisotopic (exact) mass is 417 g/mol. The molecular formula is C19H19N3O6S. The Bertz CT molecular complexity index is 972. The van der Waals surface area contributed by atoms with Crippen molar-refractivity contribution in [3.05, 3.63) is 41.3 Å². The van der Waals surface area contributed by atoms with Crippen LogP contribution in [0.5, 0.6) is 5.75 Å². The minimum Gasteiger partial charge on any atom is -0.475 e. The molecule has 10 heteroatoms. The van der Waals surface area contributed by atoms with E-state index in [-0.39, 0.29) is 23.0 Å². The Labute approximate surface area is 170 Å². The van der Waals surface area contributed by atoms with E-state index in [1.54, 1.807) is 29.6 Å². The van der Waals surface area contributed by atoms with Gasteiger partial charge in [0.25, 0.3) is 11.8 Å². The number of carbonyl (C=O) groups is 4. The Morgan fingerprint density at radius 1 is 1.28 bits per heavy atom. The molecule has 29 heavy (non-hydrogen) atoms. The highest BCUT2D eigenvalue weighted by Gasteiger charge is 2.35. The average molecular weight is 417 g/mol. The maximum absolute atomic E-state index is 12.5. The molecule has 3 amide bonds. The number of rotatable bonds is 5. The number of esters is 1. The largest absolute Gasteiger partial charge is 0.475 e. The second-order valence-corrected chi connectivity index (χ2v) is 7.22. The van der Waals surface area contributed by atoms with Crippen LogP contribution in [0.1, 0.15) is 24.2 Å². The highest BCUT2D eigenvalue weighted by Crippen LogP contribution is 2.33. The van der Waals surface area contributed by atoms with Crippen molar-refractivity contribution in [3.63, 3.8) is 0 Å². The Morgan fingerprint density at radius 3 is 2.69 bits per heavy atom. The first kappa shape index (κ1) is 20.3. The van der Waals surface area contributed by atoms with Crippen LogP contribution in [-0.2, 0) is 19.1 Å². The number of nitrogens with two attached hydrogens (primary N) is 1. The zero-order chi connectivity index (χ0) is 21.1. The van der Waals surface area contributed by atoms with Gasteiger partial charge < -0.3 is 25.4 Å². The molecule has 152 valence electrons. The molecule has 2 aromatic rings. The van der Waals surface area contributed by atoms with E-state index in [1.165, 1.54) is 24.8 Å². The van der Waals surface area contributed by atoms with Gasteiger partial charge in [0.2, 0.25) is 12.0 Å². The third-order valence-electron chi connectivity index (χ3n) is 4.25. The summed E-state index contributed by atoms with van der Waals surface area (Å²) >= 11 is 1.12. The number of nitrogens with zero attached hydrogens (tertiary/aromatic N) is 1. The Hall–Kier alpha value is -3.40. The first-order chi connectivity index (χ1) is 13.8. The van der Waals surface area contributed by atoms with Gasteiger partial charge >= 0.3 is 5.97 Å². The fourth-order valence-corrected chi connectivity index (χ4v) is 3.57. The van der Waals surface area contributed by atoms with E-state index >= 15 is 0 Å². The van der Waals surface area contributed by atoms with Crippen LogP contribution >= 0.6 is 11.3 Å². The van der Waals surface area contributed by atoms with E-state index in [2.05, 4.69) is 5.32 Å². The molecule has 0 radical (unpaired) electrons. The van der Waals surface area contributed by atoms with Crippen molar-refractivity contribution in [2.75, 3.05) is 16.8 Å². The molecule has 9 nitrogen and oxygen atoms in total. The van der Waals surface area contributed by atoms with Gasteiger partial charge in [0.05, 0.1) is 17.8 Å². The van der Waals surface area contributed by atoms with Gasteiger partial charge in [0.1, 0.15) is 10.8 Å². The van der Waals surface area contributed by atoms with Crippen molar-refractivity contribution in [1.29, 1.82) is 0 Å². The van der Waals surface area contributed by atoms with Gasteiger partial charge in [-0.3, -0.25) is 14.4 Å². The lowest BCUT2D eigenvalue weighted by Gasteiger charge is -2.33. The minimum absolute atomic E-state index is 0.0315. The summed E-state index contributed by atoms with van der Waals surface area (Å²) in [5.74, 6) is -1.96. The minimum atomic E-state index is -1.16. The molecule has 0 fully saturated rings. The van der Waals surface area contributed by atoms with E-state index < -0.39 is 30.0 Å². The SMILES string of the molecule is CC(=O)N1C[C@@H](C(=O)O[C@@H](C)C(=O)Nc2sccc2C(N)=O)Oc2ccccc21. The lowest BCUT2D eigenvalue weighted by atomic mass is 10.2. The van der Waals surface area contributed by atoms with Crippen LogP contribution in [0.2, 0.25) is 0 Å². The number of para-hydroxylation sites is 2. The number of nitrogens with one attached hydrogen (secondary N) is 1. The van der Waals surface area contributed by atoms with Crippen LogP contribution in [0.4, 0.5) is 10.7 Å². The summed E-state index contributed by atoms with van der Waals surface area (Å²) in [6.45, 7) is 2.75. The number of carbonyl (C=O) groups excluding carboxylic acids is 4. The third-order valence-corrected chi connectivity index (χ3v) is 5.08. The van der Waals surface area contributed by atoms with Crippen LogP contribution < -0.4 is 20.7 Å². The number of hydrogen-bond donors (Lipinski definition) is 2. The number of anilines is 2. The third kappa shape index (κ3) is 4.37. The van der Waals surface area contributed by atoms with Gasteiger partial charge in [-0.25, -0.2) is 4.79 Å². The van der Waals surface area contributed by atoms with Crippen molar-refractivity contribution in [2.24, 2.45) is 5.73 Å². The molecule has 0 spiro atoms. The lowest BCUT2D eigenvalue weighted by molar-refractivity contribution is -0.160. The van der Waals surface area contributed by atoms with E-state index in [9.17, 15) is 19.2 Å². The predicted molar refractivity (Wildman–Crippen MR) is 106 cm³/mol. The molecule has 0 aliphatic carbocycles. The van der Waals surface area contributed by atoms with Crippen LogP contribution in [0.25, 0.3) is 0 Å². The molecule has 1 aromatic heterocycles. The van der Waals surface area contributed by atoms with E-state index in [0.29, 0.717) is 11.4 Å². The lowest BCUT2D eigenvalue weighted by Crippen LogP contribution is -2.48. The highest BCUT2D eigenvalue weighted by atomic mass is 32.1. The first-order valence-electron chi connectivity index (χ1n) is 8.70. The molecule has 0 unspecified atom stereocenters. The van der Waals surface area contributed by atoms with E-state index in [0.717, 1.165) is 11.3 Å². The summed E-state index contributed by atoms with van der Waals surface area (Å²) in [6.07, 6.45) is -2.23. The van der Waals surface area contributed by atoms with Gasteiger partial charge in [-0.05, 0) is 30.5 Å². The Morgan fingerprint density at radius 2 is 2.00 bits per heavy atom. The van der Waals surface area contributed by atoms with Crippen molar-refractivity contribution >= 4 is 45.7 Å². The van der Waals surface area contributed by atoms with Crippen molar-refractivity contribution in [1.82, 2.24) is 0 Å². The molecule has 0 bridgehead atoms. The number of primary amides is 1. The topological polar surface area (TPSA) is 128 Å². The number of amides is 3. The highest BCUT2D eigenvalue weighted by molar-refractivity contribution is 7.14. The maximum atomic E-state index is 12.5. The molecule has 3 N–H and O–H groups in total. The van der Waals surface area contributed by atoms with Gasteiger partial charge in [0.15, 0.2) is 6.10 Å². The summed E-state index contributed by atoms with van der Waals surface area (Å²) < 4.78 is 10.9. The second kappa shape index (κ2) is 8.31. The molecule has 1 aliphatic rings. The van der Waals surface area contributed by atoms with Gasteiger partial charge in [-0.2, -0.15) is 0 Å². The molecule has 2 atom stereocenters. The van der Waals surface area contributed by atoms with Crippen LogP contribution in [0.3, 0.4) is 0 Å². The van der Waals surface area contributed by atoms with Crippen molar-refractivity contribution < 1.29 is 28.7 Å². The molecule has 0 saturated carbocycles. The Balaban J connectivity index is 1.66. The van der Waals surface area contributed by atoms with Crippen LogP contribution in [0, 0.1) is 0 Å². The zero-order valence-electron chi connectivity index (χ0n) is 15.7. The second-order valence-electron chi connectivity index (χ2n) is 6.30. The molecule has 1 aliphatic heterocycles. The number of thiophene rings is 1. The summed E-state index contributed by atoms with van der Waals surface area (Å²) in [7, 11) is 0. The molecule has 2 heterocycles. The molecule has 0 saturated heterocycles. The van der Waals surface area contributed by atoms with E-state index in [1.807, 2.05) is 0 Å². The van der Waals surface area contributed by atoms with Gasteiger partial charge in [0, 0.05) is 6.92 Å². The average Bonchev–Trinajstić information content (AvgIpc) is 3.15. The molecule has 1 aromatic carbocycles. The number of ether oxygens (including phenoxy) is 2. The quantitative estimate of drug-likeness (QED) is 0.710. The molecular weight excluding hydrogens is 398 g/mol. The summed E-state index contributed by atoms with van der Waals surface area (Å²) in [5.41, 5.74) is 5.98. The smallest absolute Gasteiger partial charge is 0.350 e. The van der Waals surface area contributed by atoms with Crippen molar-refractivity contribution in [3.8, 4) is 5.75 Å². The summed E-state index contributed by atoms with van der Waals surface area (Å²) in [5, 5.41) is 4.40. The summed E-state index contributed by atoms with van der Waals surface area (Å²) in [6, 6.07) is 8.32. The standard InChI is InChI=1S/C19H19N3O6S/c1-10(17(25)21-18-12(16(20)24)7-8-29-18)27-19(26)15-9-22(11(2)23)13-5-3-4-6-14(13)28-15/h3-8,10,15H,9H2,1-2H3,(H2,20,24)(H,21,25)/t10-,15-/m0/s1. The fraction of sp³-hybridized carbons (Fsp3) is 0.263. The van der Waals surface area contributed by atoms with Gasteiger partial charge in [-0.1, -0.05) is 12.1 Å². The van der Waals surface area contributed by atoms with E-state index in [4.69, 9.17) is 15.2 Å². The number of benzene rings is 1. The van der Waals surface area contributed by atoms with Gasteiger partial charge in [-0.15, -0.1) is 11.3 Å². The zero-order valence-corrected chi connectivity index (χ0v) is 16.5. The molecule has 3 rings (SSSR count). The fourth-order valence-electron chi connectivity index (χ4n) is 2.77. The Kier molecular flexibility index (Phi) is 5.83. The van der Waals surface area contributed by atoms with Crippen molar-refractivity contribution in [2.45, 2.75) is 26.1 Å². The number of fused-ring (bicyclic) bond motifs is 1. The first-order valence-corrected chi connectivity index (χ1v) is 9.58. The van der Waals surface area contributed by atoms with Crippen LogP contribution in [0.15, 0.2) is 35.7 Å². The number of hydrogen-bond acceptors (Lipinski definition) is 7. The predicted octanol–water partition coefficient (Wildman–Crippen LogP) is 1.53. The summed E-state index contributed by atoms with van der Waals surface area (Å²) in [4.78, 5) is 49.6. The van der Waals surface area contributed by atoms with Crippen LogP contribution in [-0.4, -0.2) is 42.4 Å².